The minimum absolute atomic E-state index is 0.157. The van der Waals surface area contributed by atoms with E-state index in [4.69, 9.17) is 17.0 Å². The van der Waals surface area contributed by atoms with E-state index < -0.39 is 24.4 Å². The van der Waals surface area contributed by atoms with Gasteiger partial charge in [-0.05, 0) is 0 Å². The van der Waals surface area contributed by atoms with Gasteiger partial charge in [-0.15, -0.1) is 0 Å². The molecule has 0 aromatic heterocycles. The van der Waals surface area contributed by atoms with Crippen LogP contribution in [-0.4, -0.2) is 10.6 Å². The number of allylic oxidation sites excluding steroid dienone is 2. The average Bonchev–Trinajstić information content (AvgIpc) is 3.57. The van der Waals surface area contributed by atoms with Crippen molar-refractivity contribution in [2.24, 2.45) is 0 Å². The quantitative estimate of drug-likeness (QED) is 0.150. The van der Waals surface area contributed by atoms with Crippen LogP contribution in [-0.2, 0) is 13.9 Å². The van der Waals surface area contributed by atoms with Crippen molar-refractivity contribution in [1.82, 2.24) is 0 Å². The predicted octanol–water partition coefficient (Wildman–Crippen LogP) is 12.2. The molecule has 0 nitrogen and oxygen atoms in total. The molecular weight excluding hydrogens is 691 g/mol. The SMILES string of the molecule is CCCC1=Cc2c(-c3ccccc3)cccc2[CH]1[Zr]([Cl])([Cl])([CH]1C(CCC)=Cc2c(-c3ccccc3)cccc21)[GeH]([CH3])[CH3]. The molecule has 4 aromatic rings. The zero-order chi connectivity index (χ0) is 29.5. The molecule has 6 rings (SSSR count). The molecule has 0 fully saturated rings. The molecule has 0 amide bonds. The second-order valence-electron chi connectivity index (χ2n) is 12.5. The van der Waals surface area contributed by atoms with E-state index in [9.17, 15) is 0 Å². The molecule has 2 aliphatic rings. The summed E-state index contributed by atoms with van der Waals surface area (Å²) >= 11 is -4.71. The Morgan fingerprint density at radius 3 is 1.33 bits per heavy atom. The van der Waals surface area contributed by atoms with Crippen molar-refractivity contribution in [3.05, 3.63) is 130 Å². The fourth-order valence-electron chi connectivity index (χ4n) is 7.81. The Balaban J connectivity index is 1.60. The van der Waals surface area contributed by atoms with Crippen molar-refractivity contribution in [2.75, 3.05) is 0 Å². The van der Waals surface area contributed by atoms with Gasteiger partial charge in [0.25, 0.3) is 0 Å². The first-order chi connectivity index (χ1) is 20.3. The van der Waals surface area contributed by atoms with Crippen molar-refractivity contribution >= 4 is 39.7 Å². The van der Waals surface area contributed by atoms with Crippen LogP contribution in [0.1, 0.15) is 69.0 Å². The number of halogens is 2. The topological polar surface area (TPSA) is 0 Å². The van der Waals surface area contributed by atoms with E-state index >= 15 is 0 Å². The summed E-state index contributed by atoms with van der Waals surface area (Å²) in [5, 5.41) is 0. The normalized spacial score (nSPS) is 18.7. The van der Waals surface area contributed by atoms with E-state index in [1.165, 1.54) is 55.7 Å². The fourth-order valence-corrected chi connectivity index (χ4v) is 53.1. The fraction of sp³-hybridized carbons (Fsp3) is 0.263. The zero-order valence-electron chi connectivity index (χ0n) is 25.2. The third-order valence-corrected chi connectivity index (χ3v) is 91.6. The van der Waals surface area contributed by atoms with Gasteiger partial charge in [-0.3, -0.25) is 0 Å². The summed E-state index contributed by atoms with van der Waals surface area (Å²) in [7, 11) is 15.1. The summed E-state index contributed by atoms with van der Waals surface area (Å²) in [5.41, 5.74) is 13.6. The van der Waals surface area contributed by atoms with E-state index in [2.05, 4.69) is 135 Å². The monoisotopic (exact) mass is 731 g/mol. The maximum absolute atomic E-state index is 8.63. The molecule has 0 N–H and O–H groups in total. The Bertz CT molecular complexity index is 1550. The van der Waals surface area contributed by atoms with Crippen LogP contribution < -0.4 is 0 Å². The van der Waals surface area contributed by atoms with Gasteiger partial charge in [0, 0.05) is 0 Å². The number of rotatable bonds is 9. The first kappa shape index (κ1) is 30.4. The predicted molar refractivity (Wildman–Crippen MR) is 186 cm³/mol. The molecule has 2 aliphatic carbocycles. The average molecular weight is 732 g/mol. The van der Waals surface area contributed by atoms with E-state index in [0.29, 0.717) is 0 Å². The van der Waals surface area contributed by atoms with Gasteiger partial charge in [-0.1, -0.05) is 0 Å². The minimum atomic E-state index is -4.71. The first-order valence-electron chi connectivity index (χ1n) is 15.6. The van der Waals surface area contributed by atoms with E-state index in [-0.39, 0.29) is 7.25 Å². The van der Waals surface area contributed by atoms with Crippen LogP contribution in [0.4, 0.5) is 0 Å². The molecule has 0 saturated heterocycles. The molecule has 215 valence electrons. The second kappa shape index (κ2) is 12.0. The standard InChI is InChI=1S/2C18H17.C2H7Ge.2ClH.Zr/c2*1-2-7-14-12-16-10-6-11-17(18(16)13-14)15-8-4-3-5-9-15;1-3-2;;;/h2*3-6,8-13H,2,7H2,1H3;3H,1-2H3;2*1H;/q;;;;;+2/p-2. The van der Waals surface area contributed by atoms with Gasteiger partial charge < -0.3 is 0 Å². The van der Waals surface area contributed by atoms with Crippen LogP contribution in [0.3, 0.4) is 0 Å². The van der Waals surface area contributed by atoms with Gasteiger partial charge in [0.2, 0.25) is 0 Å². The molecule has 0 radical (unpaired) electrons. The van der Waals surface area contributed by atoms with Crippen LogP contribution in [0.15, 0.2) is 108 Å². The van der Waals surface area contributed by atoms with Gasteiger partial charge in [0.15, 0.2) is 0 Å². The molecular formula is C38H41Cl2GeZr. The summed E-state index contributed by atoms with van der Waals surface area (Å²) in [5.74, 6) is 5.01. The van der Waals surface area contributed by atoms with Crippen molar-refractivity contribution in [3.63, 3.8) is 0 Å². The Labute approximate surface area is 262 Å². The molecule has 42 heavy (non-hydrogen) atoms. The molecule has 0 saturated carbocycles. The van der Waals surface area contributed by atoms with Crippen LogP contribution in [0.25, 0.3) is 34.4 Å². The summed E-state index contributed by atoms with van der Waals surface area (Å²) in [6, 6.07) is 35.4. The van der Waals surface area contributed by atoms with Crippen LogP contribution in [0.2, 0.25) is 11.5 Å². The molecule has 0 bridgehead atoms. The van der Waals surface area contributed by atoms with Gasteiger partial charge in [-0.2, -0.15) is 0 Å². The van der Waals surface area contributed by atoms with Crippen LogP contribution >= 0.6 is 17.0 Å². The van der Waals surface area contributed by atoms with Crippen molar-refractivity contribution in [3.8, 4) is 22.3 Å². The molecule has 0 aliphatic heterocycles. The van der Waals surface area contributed by atoms with Gasteiger partial charge >= 0.3 is 265 Å². The van der Waals surface area contributed by atoms with Gasteiger partial charge in [0.1, 0.15) is 0 Å². The Morgan fingerprint density at radius 1 is 0.571 bits per heavy atom. The third-order valence-electron chi connectivity index (χ3n) is 9.76. The van der Waals surface area contributed by atoms with Crippen LogP contribution in [0.5, 0.6) is 0 Å². The maximum atomic E-state index is 8.63. The summed E-state index contributed by atoms with van der Waals surface area (Å²) in [6.07, 6.45) is 9.27. The van der Waals surface area contributed by atoms with Gasteiger partial charge in [-0.25, -0.2) is 0 Å². The Morgan fingerprint density at radius 2 is 0.976 bits per heavy atom. The number of hydrogen-bond donors (Lipinski definition) is 0. The van der Waals surface area contributed by atoms with Gasteiger partial charge in [0.05, 0.1) is 0 Å². The van der Waals surface area contributed by atoms with Crippen molar-refractivity contribution < 1.29 is 13.9 Å². The molecule has 4 heteroatoms. The van der Waals surface area contributed by atoms with E-state index in [0.717, 1.165) is 25.7 Å². The third kappa shape index (κ3) is 4.92. The summed E-state index contributed by atoms with van der Waals surface area (Å²) in [6.45, 7) is 4.59. The van der Waals surface area contributed by atoms with E-state index in [1.54, 1.807) is 0 Å². The van der Waals surface area contributed by atoms with Crippen molar-refractivity contribution in [1.29, 1.82) is 0 Å². The molecule has 2 atom stereocenters. The van der Waals surface area contributed by atoms with E-state index in [1.807, 2.05) is 0 Å². The molecule has 4 aromatic carbocycles. The Kier molecular flexibility index (Phi) is 8.72. The number of benzene rings is 4. The molecule has 0 heterocycles. The first-order valence-corrected chi connectivity index (χ1v) is 38.2. The summed E-state index contributed by atoms with van der Waals surface area (Å²) < 4.78 is 0.315. The Hall–Kier alpha value is -1.63. The molecule has 2 unspecified atom stereocenters. The van der Waals surface area contributed by atoms with Crippen molar-refractivity contribution in [2.45, 2.75) is 58.3 Å². The zero-order valence-corrected chi connectivity index (χ0v) is 31.6. The molecule has 0 spiro atoms. The number of fused-ring (bicyclic) bond motifs is 2. The second-order valence-corrected chi connectivity index (χ2v) is 76.6. The summed E-state index contributed by atoms with van der Waals surface area (Å²) in [4.78, 5) is 0. The van der Waals surface area contributed by atoms with Crippen LogP contribution in [0, 0.1) is 0 Å². The number of hydrogen-bond acceptors (Lipinski definition) is 0.